The number of hydrogen-bond acceptors (Lipinski definition) is 2. The molecule has 0 aromatic rings. The second-order valence-corrected chi connectivity index (χ2v) is 3.10. The summed E-state index contributed by atoms with van der Waals surface area (Å²) in [6.45, 7) is 1.64. The van der Waals surface area contributed by atoms with E-state index >= 15 is 0 Å². The first-order valence-corrected chi connectivity index (χ1v) is 3.73. The summed E-state index contributed by atoms with van der Waals surface area (Å²) in [5, 5.41) is 0. The van der Waals surface area contributed by atoms with Crippen molar-refractivity contribution in [2.45, 2.75) is 25.7 Å². The predicted molar refractivity (Wildman–Crippen MR) is 39.0 cm³/mol. The van der Waals surface area contributed by atoms with E-state index in [-0.39, 0.29) is 0 Å². The highest BCUT2D eigenvalue weighted by molar-refractivity contribution is 4.88. The summed E-state index contributed by atoms with van der Waals surface area (Å²) in [5.74, 6) is 0. The first-order chi connectivity index (χ1) is 4.33. The first kappa shape index (κ1) is 7.03. The molecule has 1 saturated carbocycles. The molecule has 0 amide bonds. The molecule has 0 unspecified atom stereocenters. The van der Waals surface area contributed by atoms with Gasteiger partial charge in [0.15, 0.2) is 0 Å². The van der Waals surface area contributed by atoms with E-state index in [1.807, 2.05) is 0 Å². The molecule has 0 atom stereocenters. The third kappa shape index (κ3) is 1.25. The van der Waals surface area contributed by atoms with Crippen LogP contribution in [0.3, 0.4) is 0 Å². The Bertz CT molecular complexity index is 81.4. The lowest BCUT2D eigenvalue weighted by atomic mass is 9.67. The minimum Gasteiger partial charge on any atom is -0.330 e. The first-order valence-electron chi connectivity index (χ1n) is 3.73. The second kappa shape index (κ2) is 2.67. The van der Waals surface area contributed by atoms with Crippen LogP contribution in [0.2, 0.25) is 0 Å². The highest BCUT2D eigenvalue weighted by atomic mass is 14.6. The van der Waals surface area contributed by atoms with Crippen LogP contribution in [0.25, 0.3) is 0 Å². The molecule has 0 aromatic heterocycles. The summed E-state index contributed by atoms with van der Waals surface area (Å²) >= 11 is 0. The standard InChI is InChI=1S/C7H16N2/c8-5-4-7(6-9)2-1-3-7/h1-6,8-9H2. The molecule has 1 aliphatic rings. The van der Waals surface area contributed by atoms with Gasteiger partial charge in [0.1, 0.15) is 0 Å². The van der Waals surface area contributed by atoms with Crippen molar-refractivity contribution in [3.63, 3.8) is 0 Å². The molecular formula is C7H16N2. The van der Waals surface area contributed by atoms with Crippen molar-refractivity contribution in [3.8, 4) is 0 Å². The molecule has 1 rings (SSSR count). The fourth-order valence-corrected chi connectivity index (χ4v) is 1.54. The Morgan fingerprint density at radius 3 is 2.00 bits per heavy atom. The third-order valence-corrected chi connectivity index (χ3v) is 2.52. The van der Waals surface area contributed by atoms with Crippen LogP contribution in [-0.4, -0.2) is 13.1 Å². The Morgan fingerprint density at radius 2 is 1.89 bits per heavy atom. The average molecular weight is 128 g/mol. The Balaban J connectivity index is 2.28. The van der Waals surface area contributed by atoms with Crippen molar-refractivity contribution in [1.29, 1.82) is 0 Å². The fraction of sp³-hybridized carbons (Fsp3) is 1.00. The van der Waals surface area contributed by atoms with Gasteiger partial charge in [0.05, 0.1) is 0 Å². The second-order valence-electron chi connectivity index (χ2n) is 3.10. The molecule has 1 aliphatic carbocycles. The quantitative estimate of drug-likeness (QED) is 0.580. The lowest BCUT2D eigenvalue weighted by Gasteiger charge is -2.40. The van der Waals surface area contributed by atoms with E-state index in [2.05, 4.69) is 0 Å². The summed E-state index contributed by atoms with van der Waals surface area (Å²) in [7, 11) is 0. The summed E-state index contributed by atoms with van der Waals surface area (Å²) in [6, 6.07) is 0. The number of nitrogens with two attached hydrogens (primary N) is 2. The molecule has 0 spiro atoms. The van der Waals surface area contributed by atoms with Gasteiger partial charge in [0.2, 0.25) is 0 Å². The van der Waals surface area contributed by atoms with Crippen LogP contribution in [0.4, 0.5) is 0 Å². The zero-order valence-electron chi connectivity index (χ0n) is 5.90. The zero-order chi connectivity index (χ0) is 6.74. The normalized spacial score (nSPS) is 23.3. The van der Waals surface area contributed by atoms with E-state index in [4.69, 9.17) is 11.5 Å². The van der Waals surface area contributed by atoms with Gasteiger partial charge in [-0.1, -0.05) is 6.42 Å². The van der Waals surface area contributed by atoms with Gasteiger partial charge in [-0.15, -0.1) is 0 Å². The Hall–Kier alpha value is -0.0800. The van der Waals surface area contributed by atoms with Gasteiger partial charge in [-0.05, 0) is 37.8 Å². The molecule has 4 N–H and O–H groups in total. The van der Waals surface area contributed by atoms with Crippen LogP contribution in [0.15, 0.2) is 0 Å². The van der Waals surface area contributed by atoms with Gasteiger partial charge in [0, 0.05) is 0 Å². The van der Waals surface area contributed by atoms with E-state index in [1.165, 1.54) is 19.3 Å². The van der Waals surface area contributed by atoms with Crippen molar-refractivity contribution in [1.82, 2.24) is 0 Å². The molecular weight excluding hydrogens is 112 g/mol. The van der Waals surface area contributed by atoms with E-state index in [0.29, 0.717) is 5.41 Å². The fourth-order valence-electron chi connectivity index (χ4n) is 1.54. The maximum Gasteiger partial charge on any atom is -0.00201 e. The molecule has 0 aliphatic heterocycles. The summed E-state index contributed by atoms with van der Waals surface area (Å²) in [5.41, 5.74) is 11.5. The maximum atomic E-state index is 5.60. The molecule has 2 heteroatoms. The van der Waals surface area contributed by atoms with Crippen molar-refractivity contribution < 1.29 is 0 Å². The van der Waals surface area contributed by atoms with Crippen LogP contribution in [0.5, 0.6) is 0 Å². The number of rotatable bonds is 3. The summed E-state index contributed by atoms with van der Waals surface area (Å²) < 4.78 is 0. The SMILES string of the molecule is NCCC1(CN)CCC1. The Labute approximate surface area is 56.6 Å². The lowest BCUT2D eigenvalue weighted by molar-refractivity contribution is 0.134. The third-order valence-electron chi connectivity index (χ3n) is 2.52. The van der Waals surface area contributed by atoms with E-state index < -0.39 is 0 Å². The molecule has 0 bridgehead atoms. The van der Waals surface area contributed by atoms with Gasteiger partial charge in [-0.2, -0.15) is 0 Å². The van der Waals surface area contributed by atoms with E-state index in [0.717, 1.165) is 19.5 Å². The van der Waals surface area contributed by atoms with Crippen molar-refractivity contribution in [2.75, 3.05) is 13.1 Å². The lowest BCUT2D eigenvalue weighted by Crippen LogP contribution is -2.38. The minimum atomic E-state index is 0.467. The van der Waals surface area contributed by atoms with Gasteiger partial charge in [0.25, 0.3) is 0 Å². The summed E-state index contributed by atoms with van der Waals surface area (Å²) in [4.78, 5) is 0. The van der Waals surface area contributed by atoms with Crippen LogP contribution < -0.4 is 11.5 Å². The molecule has 54 valence electrons. The highest BCUT2D eigenvalue weighted by Crippen LogP contribution is 2.42. The summed E-state index contributed by atoms with van der Waals surface area (Å²) in [6.07, 6.45) is 5.10. The van der Waals surface area contributed by atoms with Crippen molar-refractivity contribution in [3.05, 3.63) is 0 Å². The molecule has 1 fully saturated rings. The van der Waals surface area contributed by atoms with E-state index in [1.54, 1.807) is 0 Å². The predicted octanol–water partition coefficient (Wildman–Crippen LogP) is 0.464. The largest absolute Gasteiger partial charge is 0.330 e. The van der Waals surface area contributed by atoms with Crippen LogP contribution in [0, 0.1) is 5.41 Å². The molecule has 0 heterocycles. The monoisotopic (exact) mass is 128 g/mol. The van der Waals surface area contributed by atoms with Crippen LogP contribution in [-0.2, 0) is 0 Å². The van der Waals surface area contributed by atoms with Crippen LogP contribution >= 0.6 is 0 Å². The molecule has 0 radical (unpaired) electrons. The van der Waals surface area contributed by atoms with Gasteiger partial charge in [-0.25, -0.2) is 0 Å². The van der Waals surface area contributed by atoms with Crippen LogP contribution in [0.1, 0.15) is 25.7 Å². The number of hydrogen-bond donors (Lipinski definition) is 2. The van der Waals surface area contributed by atoms with Crippen molar-refractivity contribution >= 4 is 0 Å². The highest BCUT2D eigenvalue weighted by Gasteiger charge is 2.34. The maximum absolute atomic E-state index is 5.60. The molecule has 0 saturated heterocycles. The Kier molecular flexibility index (Phi) is 2.09. The topological polar surface area (TPSA) is 52.0 Å². The smallest absolute Gasteiger partial charge is 0.00201 e. The molecule has 0 aromatic carbocycles. The average Bonchev–Trinajstić information content (AvgIpc) is 1.79. The molecule has 9 heavy (non-hydrogen) atoms. The Morgan fingerprint density at radius 1 is 1.22 bits per heavy atom. The van der Waals surface area contributed by atoms with Gasteiger partial charge < -0.3 is 11.5 Å². The zero-order valence-corrected chi connectivity index (χ0v) is 5.90. The van der Waals surface area contributed by atoms with E-state index in [9.17, 15) is 0 Å². The van der Waals surface area contributed by atoms with Crippen molar-refractivity contribution in [2.24, 2.45) is 16.9 Å². The molecule has 2 nitrogen and oxygen atoms in total. The van der Waals surface area contributed by atoms with Gasteiger partial charge in [-0.3, -0.25) is 0 Å². The van der Waals surface area contributed by atoms with Gasteiger partial charge >= 0.3 is 0 Å². The minimum absolute atomic E-state index is 0.467.